The van der Waals surface area contributed by atoms with Crippen molar-refractivity contribution in [3.63, 3.8) is 0 Å². The number of hydrogen-bond donors (Lipinski definition) is 3. The van der Waals surface area contributed by atoms with E-state index in [0.29, 0.717) is 16.4 Å². The van der Waals surface area contributed by atoms with Gasteiger partial charge in [-0.05, 0) is 48.5 Å². The van der Waals surface area contributed by atoms with Crippen LogP contribution >= 0.6 is 11.6 Å². The smallest absolute Gasteiger partial charge is 0.316 e. The second-order valence-electron chi connectivity index (χ2n) is 5.15. The second kappa shape index (κ2) is 7.06. The van der Waals surface area contributed by atoms with Crippen LogP contribution in [0.4, 0.5) is 16.2 Å². The highest BCUT2D eigenvalue weighted by molar-refractivity contribution is 6.30. The molecule has 0 bridgehead atoms. The number of anilines is 2. The number of nitrogens with zero attached hydrogens (tertiary/aromatic N) is 2. The van der Waals surface area contributed by atoms with Crippen molar-refractivity contribution in [2.75, 3.05) is 10.6 Å². The summed E-state index contributed by atoms with van der Waals surface area (Å²) < 4.78 is 1.57. The molecule has 7 nitrogen and oxygen atoms in total. The molecule has 0 aliphatic rings. The Morgan fingerprint density at radius 2 is 1.68 bits per heavy atom. The number of halogens is 1. The Hall–Kier alpha value is -3.32. The van der Waals surface area contributed by atoms with Gasteiger partial charge in [-0.1, -0.05) is 17.7 Å². The van der Waals surface area contributed by atoms with Crippen LogP contribution < -0.4 is 16.4 Å². The van der Waals surface area contributed by atoms with Gasteiger partial charge >= 0.3 is 6.03 Å². The lowest BCUT2D eigenvalue weighted by molar-refractivity contribution is 0.102. The van der Waals surface area contributed by atoms with Gasteiger partial charge in [0.25, 0.3) is 5.91 Å². The van der Waals surface area contributed by atoms with Crippen LogP contribution in [0.5, 0.6) is 0 Å². The maximum atomic E-state index is 12.3. The number of carbonyl (C=O) groups is 2. The molecule has 25 heavy (non-hydrogen) atoms. The summed E-state index contributed by atoms with van der Waals surface area (Å²) >= 11 is 5.96. The molecule has 3 amide bonds. The molecule has 0 saturated heterocycles. The monoisotopic (exact) mass is 355 g/mol. The average molecular weight is 356 g/mol. The van der Waals surface area contributed by atoms with E-state index in [2.05, 4.69) is 15.7 Å². The van der Waals surface area contributed by atoms with Gasteiger partial charge in [-0.15, -0.1) is 0 Å². The minimum Gasteiger partial charge on any atom is -0.351 e. The van der Waals surface area contributed by atoms with Crippen LogP contribution in [-0.4, -0.2) is 21.7 Å². The lowest BCUT2D eigenvalue weighted by atomic mass is 10.2. The van der Waals surface area contributed by atoms with Gasteiger partial charge in [-0.25, -0.2) is 9.48 Å². The molecule has 1 heterocycles. The summed E-state index contributed by atoms with van der Waals surface area (Å²) in [6.45, 7) is 0. The van der Waals surface area contributed by atoms with Crippen LogP contribution in [0.25, 0.3) is 5.69 Å². The minimum atomic E-state index is -0.650. The van der Waals surface area contributed by atoms with Crippen molar-refractivity contribution in [1.82, 2.24) is 9.78 Å². The molecule has 0 unspecified atom stereocenters. The summed E-state index contributed by atoms with van der Waals surface area (Å²) in [7, 11) is 0. The van der Waals surface area contributed by atoms with Crippen LogP contribution in [0.1, 0.15) is 10.5 Å². The number of primary amides is 1. The second-order valence-corrected chi connectivity index (χ2v) is 5.58. The van der Waals surface area contributed by atoms with Gasteiger partial charge in [0.2, 0.25) is 0 Å². The maximum Gasteiger partial charge on any atom is 0.316 e. The fourth-order valence-electron chi connectivity index (χ4n) is 2.18. The summed E-state index contributed by atoms with van der Waals surface area (Å²) in [5.74, 6) is -0.351. The Bertz CT molecular complexity index is 921. The number of rotatable bonds is 4. The molecule has 0 aliphatic heterocycles. The lowest BCUT2D eigenvalue weighted by Gasteiger charge is -2.05. The van der Waals surface area contributed by atoms with Crippen molar-refractivity contribution in [1.29, 1.82) is 0 Å². The highest BCUT2D eigenvalue weighted by atomic mass is 35.5. The van der Waals surface area contributed by atoms with Crippen LogP contribution in [0.3, 0.4) is 0 Å². The quantitative estimate of drug-likeness (QED) is 0.669. The van der Waals surface area contributed by atoms with Gasteiger partial charge < -0.3 is 16.4 Å². The predicted octanol–water partition coefficient (Wildman–Crippen LogP) is 3.27. The summed E-state index contributed by atoms with van der Waals surface area (Å²) in [6.07, 6.45) is 1.68. The molecule has 0 aliphatic carbocycles. The minimum absolute atomic E-state index is 0.263. The van der Waals surface area contributed by atoms with E-state index in [4.69, 9.17) is 17.3 Å². The summed E-state index contributed by atoms with van der Waals surface area (Å²) in [5.41, 5.74) is 7.17. The number of amides is 3. The molecular weight excluding hydrogens is 342 g/mol. The topological polar surface area (TPSA) is 102 Å². The predicted molar refractivity (Wildman–Crippen MR) is 96.2 cm³/mol. The zero-order valence-electron chi connectivity index (χ0n) is 12.9. The fraction of sp³-hybridized carbons (Fsp3) is 0. The van der Waals surface area contributed by atoms with Crippen molar-refractivity contribution in [2.24, 2.45) is 5.73 Å². The molecule has 126 valence electrons. The molecule has 4 N–H and O–H groups in total. The number of urea groups is 1. The molecule has 1 aromatic heterocycles. The van der Waals surface area contributed by atoms with E-state index in [1.54, 1.807) is 59.4 Å². The molecular formula is C17H14ClN5O2. The number of aromatic nitrogens is 2. The lowest BCUT2D eigenvalue weighted by Crippen LogP contribution is -2.19. The Morgan fingerprint density at radius 3 is 2.32 bits per heavy atom. The van der Waals surface area contributed by atoms with Gasteiger partial charge in [0, 0.05) is 22.6 Å². The van der Waals surface area contributed by atoms with E-state index in [1.165, 1.54) is 0 Å². The van der Waals surface area contributed by atoms with Gasteiger partial charge in [-0.2, -0.15) is 5.10 Å². The molecule has 0 atom stereocenters. The van der Waals surface area contributed by atoms with Crippen LogP contribution in [0.2, 0.25) is 5.02 Å². The van der Waals surface area contributed by atoms with Crippen molar-refractivity contribution in [3.05, 3.63) is 71.5 Å². The number of carbonyl (C=O) groups excluding carboxylic acids is 2. The van der Waals surface area contributed by atoms with E-state index in [-0.39, 0.29) is 11.6 Å². The first kappa shape index (κ1) is 16.5. The first-order valence-corrected chi connectivity index (χ1v) is 7.68. The zero-order valence-corrected chi connectivity index (χ0v) is 13.7. The van der Waals surface area contributed by atoms with Crippen molar-refractivity contribution in [2.45, 2.75) is 0 Å². The highest BCUT2D eigenvalue weighted by Crippen LogP contribution is 2.16. The van der Waals surface area contributed by atoms with Gasteiger partial charge in [0.05, 0.1) is 5.69 Å². The van der Waals surface area contributed by atoms with Crippen LogP contribution in [-0.2, 0) is 0 Å². The first-order chi connectivity index (χ1) is 12.0. The third kappa shape index (κ3) is 4.15. The largest absolute Gasteiger partial charge is 0.351 e. The SMILES string of the molecule is NC(=O)Nc1ccc(NC(=O)c2ccn(-c3cccc(Cl)c3)n2)cc1. The van der Waals surface area contributed by atoms with Crippen LogP contribution in [0.15, 0.2) is 60.8 Å². The highest BCUT2D eigenvalue weighted by Gasteiger charge is 2.11. The fourth-order valence-corrected chi connectivity index (χ4v) is 2.37. The van der Waals surface area contributed by atoms with E-state index < -0.39 is 6.03 Å². The van der Waals surface area contributed by atoms with Gasteiger partial charge in [0.1, 0.15) is 0 Å². The van der Waals surface area contributed by atoms with E-state index in [9.17, 15) is 9.59 Å². The molecule has 0 saturated carbocycles. The molecule has 0 spiro atoms. The summed E-state index contributed by atoms with van der Waals surface area (Å²) in [5, 5.41) is 10.0. The standard InChI is InChI=1S/C17H14ClN5O2/c18-11-2-1-3-14(10-11)23-9-8-15(22-23)16(24)20-12-4-6-13(7-5-12)21-17(19)25/h1-10H,(H,20,24)(H3,19,21,25). The summed E-state index contributed by atoms with van der Waals surface area (Å²) in [6, 6.07) is 14.7. The third-order valence-corrected chi connectivity index (χ3v) is 3.54. The Balaban J connectivity index is 1.70. The van der Waals surface area contributed by atoms with Gasteiger partial charge in [0.15, 0.2) is 5.69 Å². The number of nitrogens with two attached hydrogens (primary N) is 1. The molecule has 3 aromatic rings. The van der Waals surface area contributed by atoms with Crippen molar-refractivity contribution < 1.29 is 9.59 Å². The van der Waals surface area contributed by atoms with Crippen molar-refractivity contribution >= 4 is 34.9 Å². The van der Waals surface area contributed by atoms with Crippen LogP contribution in [0, 0.1) is 0 Å². The number of nitrogens with one attached hydrogen (secondary N) is 2. The number of benzene rings is 2. The number of hydrogen-bond acceptors (Lipinski definition) is 3. The van der Waals surface area contributed by atoms with E-state index >= 15 is 0 Å². The van der Waals surface area contributed by atoms with Gasteiger partial charge in [-0.3, -0.25) is 4.79 Å². The average Bonchev–Trinajstić information content (AvgIpc) is 3.06. The van der Waals surface area contributed by atoms with E-state index in [0.717, 1.165) is 5.69 Å². The molecule has 8 heteroatoms. The third-order valence-electron chi connectivity index (χ3n) is 3.30. The van der Waals surface area contributed by atoms with Crippen molar-refractivity contribution in [3.8, 4) is 5.69 Å². The molecule has 0 fully saturated rings. The molecule has 0 radical (unpaired) electrons. The Labute approximate surface area is 148 Å². The Morgan fingerprint density at radius 1 is 1.00 bits per heavy atom. The van der Waals surface area contributed by atoms with E-state index in [1.807, 2.05) is 6.07 Å². The normalized spacial score (nSPS) is 10.3. The summed E-state index contributed by atoms with van der Waals surface area (Å²) in [4.78, 5) is 23.1. The Kier molecular flexibility index (Phi) is 4.67. The molecule has 2 aromatic carbocycles. The molecule has 3 rings (SSSR count). The maximum absolute atomic E-state index is 12.3. The zero-order chi connectivity index (χ0) is 17.8. The first-order valence-electron chi connectivity index (χ1n) is 7.31.